The Morgan fingerprint density at radius 3 is 2.47 bits per heavy atom. The average Bonchev–Trinajstić information content (AvgIpc) is 2.84. The van der Waals surface area contributed by atoms with Crippen LogP contribution in [0.15, 0.2) is 41.2 Å². The summed E-state index contributed by atoms with van der Waals surface area (Å²) in [4.78, 5) is 38.4. The molecule has 1 amide bonds. The third kappa shape index (κ3) is 4.44. The number of nitrogens with one attached hydrogen (secondary N) is 1. The van der Waals surface area contributed by atoms with Crippen molar-refractivity contribution < 1.29 is 24.2 Å². The number of benzene rings is 2. The highest BCUT2D eigenvalue weighted by Gasteiger charge is 2.32. The summed E-state index contributed by atoms with van der Waals surface area (Å²) in [5.41, 5.74) is -0.675. The van der Waals surface area contributed by atoms with E-state index in [-0.39, 0.29) is 28.8 Å². The van der Waals surface area contributed by atoms with Gasteiger partial charge in [0.1, 0.15) is 35.6 Å². The lowest BCUT2D eigenvalue weighted by Crippen LogP contribution is -2.39. The molecule has 0 bridgehead atoms. The highest BCUT2D eigenvalue weighted by atomic mass is 16.6. The molecule has 0 aliphatic carbocycles. The van der Waals surface area contributed by atoms with Crippen molar-refractivity contribution >= 4 is 22.8 Å². The minimum absolute atomic E-state index is 0.0181. The first kappa shape index (κ1) is 24.3. The Hall–Kier alpha value is -4.83. The van der Waals surface area contributed by atoms with Crippen LogP contribution in [-0.4, -0.2) is 33.7 Å². The summed E-state index contributed by atoms with van der Waals surface area (Å²) < 4.78 is 12.5. The number of carbonyl (C=O) groups excluding carboxylic acids is 2. The molecule has 1 aliphatic heterocycles. The fourth-order valence-corrected chi connectivity index (χ4v) is 4.00. The number of aromatic nitrogens is 1. The SMILES string of the molecule is CC(C)(C)OC(=O)CNC(=O)c1c(O)c2ccc(C#N)c3c2n(c1=O)CC(c1ccc(C#N)cc1)O3. The summed E-state index contributed by atoms with van der Waals surface area (Å²) in [5.74, 6) is -2.13. The van der Waals surface area contributed by atoms with Gasteiger partial charge in [0.15, 0.2) is 5.75 Å². The molecule has 3 aromatic rings. The molecular weight excluding hydrogens is 464 g/mol. The number of hydrogen-bond donors (Lipinski definition) is 2. The average molecular weight is 486 g/mol. The molecule has 4 rings (SSSR count). The van der Waals surface area contributed by atoms with Crippen molar-refractivity contribution in [2.45, 2.75) is 39.0 Å². The van der Waals surface area contributed by atoms with Crippen molar-refractivity contribution in [3.8, 4) is 23.6 Å². The van der Waals surface area contributed by atoms with Crippen LogP contribution in [0.5, 0.6) is 11.5 Å². The number of esters is 1. The van der Waals surface area contributed by atoms with Crippen molar-refractivity contribution in [1.82, 2.24) is 9.88 Å². The van der Waals surface area contributed by atoms with Crippen molar-refractivity contribution in [2.24, 2.45) is 0 Å². The van der Waals surface area contributed by atoms with Gasteiger partial charge in [0.05, 0.1) is 29.3 Å². The highest BCUT2D eigenvalue weighted by molar-refractivity contribution is 6.04. The predicted molar refractivity (Wildman–Crippen MR) is 127 cm³/mol. The van der Waals surface area contributed by atoms with Gasteiger partial charge in [-0.1, -0.05) is 12.1 Å². The molecule has 10 nitrogen and oxygen atoms in total. The molecule has 2 N–H and O–H groups in total. The molecule has 0 spiro atoms. The largest absolute Gasteiger partial charge is 0.506 e. The van der Waals surface area contributed by atoms with Crippen LogP contribution in [0.2, 0.25) is 0 Å². The Morgan fingerprint density at radius 2 is 1.86 bits per heavy atom. The number of carbonyl (C=O) groups is 2. The molecule has 36 heavy (non-hydrogen) atoms. The fraction of sp³-hybridized carbons (Fsp3) is 0.269. The molecule has 2 aromatic carbocycles. The number of pyridine rings is 1. The van der Waals surface area contributed by atoms with E-state index in [4.69, 9.17) is 14.7 Å². The van der Waals surface area contributed by atoms with Gasteiger partial charge in [-0.2, -0.15) is 10.5 Å². The van der Waals surface area contributed by atoms with Gasteiger partial charge >= 0.3 is 5.97 Å². The van der Waals surface area contributed by atoms with Crippen LogP contribution in [0.3, 0.4) is 0 Å². The molecule has 1 unspecified atom stereocenters. The Balaban J connectivity index is 1.78. The van der Waals surface area contributed by atoms with Gasteiger partial charge in [0.25, 0.3) is 11.5 Å². The first-order valence-electron chi connectivity index (χ1n) is 11.0. The van der Waals surface area contributed by atoms with Crippen LogP contribution in [0, 0.1) is 22.7 Å². The van der Waals surface area contributed by atoms with E-state index < -0.39 is 47.0 Å². The van der Waals surface area contributed by atoms with Crippen molar-refractivity contribution in [2.75, 3.05) is 6.54 Å². The lowest BCUT2D eigenvalue weighted by atomic mass is 10.0. The zero-order valence-electron chi connectivity index (χ0n) is 19.8. The monoisotopic (exact) mass is 486 g/mol. The summed E-state index contributed by atoms with van der Waals surface area (Å²) in [5, 5.41) is 32.0. The summed E-state index contributed by atoms with van der Waals surface area (Å²) in [6.45, 7) is 4.52. The molecule has 0 saturated heterocycles. The van der Waals surface area contributed by atoms with Gasteiger partial charge in [-0.25, -0.2) is 0 Å². The second-order valence-corrected chi connectivity index (χ2v) is 9.20. The normalized spacial score (nSPS) is 14.3. The van der Waals surface area contributed by atoms with Gasteiger partial charge in [-0.15, -0.1) is 0 Å². The zero-order valence-corrected chi connectivity index (χ0v) is 19.8. The molecule has 2 heterocycles. The number of nitriles is 2. The van der Waals surface area contributed by atoms with Crippen molar-refractivity contribution in [3.05, 3.63) is 69.0 Å². The first-order valence-corrected chi connectivity index (χ1v) is 11.0. The number of hydrogen-bond acceptors (Lipinski definition) is 8. The molecule has 1 atom stereocenters. The van der Waals surface area contributed by atoms with Gasteiger partial charge in [-0.3, -0.25) is 19.0 Å². The van der Waals surface area contributed by atoms with Gasteiger partial charge < -0.3 is 19.9 Å². The van der Waals surface area contributed by atoms with Gasteiger partial charge in [0, 0.05) is 5.39 Å². The lowest BCUT2D eigenvalue weighted by Gasteiger charge is -2.29. The van der Waals surface area contributed by atoms with E-state index in [2.05, 4.69) is 5.32 Å². The van der Waals surface area contributed by atoms with E-state index in [1.807, 2.05) is 12.1 Å². The Morgan fingerprint density at radius 1 is 1.17 bits per heavy atom. The summed E-state index contributed by atoms with van der Waals surface area (Å²) in [6, 6.07) is 13.5. The molecule has 0 saturated carbocycles. The van der Waals surface area contributed by atoms with Crippen LogP contribution in [0.1, 0.15) is 53.9 Å². The molecule has 1 aromatic heterocycles. The van der Waals surface area contributed by atoms with E-state index >= 15 is 0 Å². The number of aromatic hydroxyl groups is 1. The third-order valence-corrected chi connectivity index (χ3v) is 5.53. The standard InChI is InChI=1S/C26H22N4O6/c1-26(2,3)36-19(31)12-29-24(33)20-22(32)17-9-8-16(11-28)23-21(17)30(25(20)34)13-18(35-23)15-6-4-14(10-27)5-7-15/h4-9,18,32H,12-13H2,1-3H3,(H,29,33). The van der Waals surface area contributed by atoms with E-state index in [9.17, 15) is 24.8 Å². The smallest absolute Gasteiger partial charge is 0.325 e. The van der Waals surface area contributed by atoms with E-state index in [0.717, 1.165) is 0 Å². The second kappa shape index (κ2) is 9.08. The first-order chi connectivity index (χ1) is 17.0. The number of nitrogens with zero attached hydrogens (tertiary/aromatic N) is 3. The van der Waals surface area contributed by atoms with Crippen molar-refractivity contribution in [1.29, 1.82) is 10.5 Å². The van der Waals surface area contributed by atoms with E-state index in [1.54, 1.807) is 45.0 Å². The quantitative estimate of drug-likeness (QED) is 0.534. The maximum absolute atomic E-state index is 13.5. The minimum atomic E-state index is -0.943. The van der Waals surface area contributed by atoms with Crippen molar-refractivity contribution in [3.63, 3.8) is 0 Å². The molecule has 0 radical (unpaired) electrons. The van der Waals surface area contributed by atoms with Gasteiger partial charge in [0.2, 0.25) is 0 Å². The number of rotatable bonds is 4. The van der Waals surface area contributed by atoms with E-state index in [0.29, 0.717) is 11.1 Å². The second-order valence-electron chi connectivity index (χ2n) is 9.20. The topological polar surface area (TPSA) is 154 Å². The molecule has 0 fully saturated rings. The summed E-state index contributed by atoms with van der Waals surface area (Å²) in [7, 11) is 0. The van der Waals surface area contributed by atoms with Crippen LogP contribution in [0.25, 0.3) is 10.9 Å². The van der Waals surface area contributed by atoms with Crippen LogP contribution in [-0.2, 0) is 16.1 Å². The Bertz CT molecular complexity index is 1540. The highest BCUT2D eigenvalue weighted by Crippen LogP contribution is 2.41. The molecule has 10 heteroatoms. The third-order valence-electron chi connectivity index (χ3n) is 5.53. The zero-order chi connectivity index (χ0) is 26.2. The maximum Gasteiger partial charge on any atom is 0.325 e. The maximum atomic E-state index is 13.5. The summed E-state index contributed by atoms with van der Waals surface area (Å²) in [6.07, 6.45) is -0.706. The lowest BCUT2D eigenvalue weighted by molar-refractivity contribution is -0.153. The van der Waals surface area contributed by atoms with Crippen LogP contribution < -0.4 is 15.6 Å². The Kier molecular flexibility index (Phi) is 6.13. The van der Waals surface area contributed by atoms with E-state index in [1.165, 1.54) is 16.7 Å². The number of ether oxygens (including phenoxy) is 2. The predicted octanol–water partition coefficient (Wildman–Crippen LogP) is 2.66. The van der Waals surface area contributed by atoms with Gasteiger partial charge in [-0.05, 0) is 50.6 Å². The van der Waals surface area contributed by atoms with Crippen LogP contribution >= 0.6 is 0 Å². The number of amides is 1. The molecule has 1 aliphatic rings. The minimum Gasteiger partial charge on any atom is -0.506 e. The van der Waals surface area contributed by atoms with Crippen LogP contribution in [0.4, 0.5) is 0 Å². The molecule has 182 valence electrons. The summed E-state index contributed by atoms with van der Waals surface area (Å²) >= 11 is 0. The Labute approximate surface area is 205 Å². The fourth-order valence-electron chi connectivity index (χ4n) is 4.00. The molecular formula is C26H22N4O6.